The van der Waals surface area contributed by atoms with Gasteiger partial charge in [-0.1, -0.05) is 13.3 Å². The van der Waals surface area contributed by atoms with Gasteiger partial charge >= 0.3 is 12.1 Å². The lowest BCUT2D eigenvalue weighted by atomic mass is 10.1. The highest BCUT2D eigenvalue weighted by Gasteiger charge is 2.44. The summed E-state index contributed by atoms with van der Waals surface area (Å²) in [6, 6.07) is 6.70. The smallest absolute Gasteiger partial charge is 0.384 e. The molecular formula is C17H19F3N4O. The van der Waals surface area contributed by atoms with E-state index in [0.717, 1.165) is 29.9 Å². The molecule has 3 rings (SSSR count). The third-order valence-electron chi connectivity index (χ3n) is 4.26. The first-order valence-corrected chi connectivity index (χ1v) is 8.17. The summed E-state index contributed by atoms with van der Waals surface area (Å²) >= 11 is 0. The van der Waals surface area contributed by atoms with E-state index in [2.05, 4.69) is 12.0 Å². The van der Waals surface area contributed by atoms with Crippen LogP contribution < -0.4 is 10.6 Å². The first-order valence-electron chi connectivity index (χ1n) is 8.17. The largest absolute Gasteiger partial charge is 0.471 e. The van der Waals surface area contributed by atoms with Crippen molar-refractivity contribution in [2.24, 2.45) is 0 Å². The second kappa shape index (κ2) is 6.42. The van der Waals surface area contributed by atoms with Crippen LogP contribution in [0.5, 0.6) is 0 Å². The van der Waals surface area contributed by atoms with E-state index in [0.29, 0.717) is 29.2 Å². The number of fused-ring (bicyclic) bond motifs is 1. The van der Waals surface area contributed by atoms with Gasteiger partial charge in [0.05, 0.1) is 11.4 Å². The maximum absolute atomic E-state index is 12.7. The van der Waals surface area contributed by atoms with E-state index in [9.17, 15) is 18.0 Å². The van der Waals surface area contributed by atoms with Crippen LogP contribution in [0.25, 0.3) is 5.69 Å². The van der Waals surface area contributed by atoms with E-state index >= 15 is 0 Å². The van der Waals surface area contributed by atoms with Crippen molar-refractivity contribution in [3.8, 4) is 5.69 Å². The minimum absolute atomic E-state index is 0.0213. The summed E-state index contributed by atoms with van der Waals surface area (Å²) in [6.07, 6.45) is -1.62. The molecule has 0 atom stereocenters. The molecule has 1 aromatic heterocycles. The summed E-state index contributed by atoms with van der Waals surface area (Å²) in [5.74, 6) is -1.35. The van der Waals surface area contributed by atoms with Gasteiger partial charge in [0.1, 0.15) is 5.82 Å². The van der Waals surface area contributed by atoms with Crippen LogP contribution in [0.15, 0.2) is 24.3 Å². The molecule has 0 saturated carbocycles. The van der Waals surface area contributed by atoms with Crippen molar-refractivity contribution in [3.05, 3.63) is 35.5 Å². The molecule has 0 bridgehead atoms. The highest BCUT2D eigenvalue weighted by Crippen LogP contribution is 2.33. The minimum atomic E-state index is -4.87. The van der Waals surface area contributed by atoms with E-state index in [1.165, 1.54) is 6.07 Å². The summed E-state index contributed by atoms with van der Waals surface area (Å²) in [6.45, 7) is 2.11. The lowest BCUT2D eigenvalue weighted by molar-refractivity contribution is -0.170. The Balaban J connectivity index is 1.88. The third-order valence-corrected chi connectivity index (χ3v) is 4.26. The molecule has 0 unspecified atom stereocenters. The summed E-state index contributed by atoms with van der Waals surface area (Å²) in [5, 5.41) is 4.47. The van der Waals surface area contributed by atoms with Gasteiger partial charge in [-0.25, -0.2) is 4.68 Å². The minimum Gasteiger partial charge on any atom is -0.384 e. The van der Waals surface area contributed by atoms with Gasteiger partial charge in [0.25, 0.3) is 0 Å². The van der Waals surface area contributed by atoms with E-state index in [4.69, 9.17) is 5.73 Å². The highest BCUT2D eigenvalue weighted by atomic mass is 19.4. The molecule has 1 aromatic carbocycles. The first-order chi connectivity index (χ1) is 11.8. The maximum atomic E-state index is 12.7. The Bertz CT molecular complexity index is 798. The van der Waals surface area contributed by atoms with Gasteiger partial charge in [-0.15, -0.1) is 0 Å². The van der Waals surface area contributed by atoms with Crippen molar-refractivity contribution in [3.63, 3.8) is 0 Å². The fraction of sp³-hybridized carbons (Fsp3) is 0.412. The van der Waals surface area contributed by atoms with Crippen LogP contribution in [-0.2, 0) is 17.6 Å². The summed E-state index contributed by atoms with van der Waals surface area (Å²) in [4.78, 5) is 12.3. The van der Waals surface area contributed by atoms with Crippen molar-refractivity contribution in [2.75, 3.05) is 17.2 Å². The Labute approximate surface area is 143 Å². The monoisotopic (exact) mass is 352 g/mol. The Kier molecular flexibility index (Phi) is 4.45. The van der Waals surface area contributed by atoms with Gasteiger partial charge < -0.3 is 10.6 Å². The number of rotatable bonds is 4. The molecule has 134 valence electrons. The molecule has 1 aliphatic rings. The summed E-state index contributed by atoms with van der Waals surface area (Å²) < 4.78 is 39.6. The molecule has 0 fully saturated rings. The number of aromatic nitrogens is 2. The normalized spacial score (nSPS) is 14.0. The molecule has 2 heterocycles. The summed E-state index contributed by atoms with van der Waals surface area (Å²) in [7, 11) is 0. The number of unbranched alkanes of at least 4 members (excludes halogenated alkanes) is 1. The predicted octanol–water partition coefficient (Wildman–Crippen LogP) is 3.25. The van der Waals surface area contributed by atoms with Gasteiger partial charge in [0, 0.05) is 18.3 Å². The van der Waals surface area contributed by atoms with Crippen LogP contribution in [0.1, 0.15) is 31.0 Å². The molecular weight excluding hydrogens is 333 g/mol. The molecule has 0 spiro atoms. The van der Waals surface area contributed by atoms with Crippen LogP contribution in [0.4, 0.5) is 24.7 Å². The zero-order valence-electron chi connectivity index (χ0n) is 13.8. The quantitative estimate of drug-likeness (QED) is 0.919. The lowest BCUT2D eigenvalue weighted by Crippen LogP contribution is -2.40. The molecule has 1 aliphatic heterocycles. The topological polar surface area (TPSA) is 64.2 Å². The van der Waals surface area contributed by atoms with Gasteiger partial charge in [-0.3, -0.25) is 4.79 Å². The molecule has 25 heavy (non-hydrogen) atoms. The molecule has 0 radical (unpaired) electrons. The number of aryl methyl sites for hydroxylation is 1. The number of carbonyl (C=O) groups is 1. The molecule has 0 saturated heterocycles. The third kappa shape index (κ3) is 3.33. The number of nitrogens with two attached hydrogens (primary N) is 1. The SMILES string of the molecule is CCCCc1cc(N)n(-c2ccc3c(c2)CCN3C(=O)C(F)(F)F)n1. The molecule has 2 N–H and O–H groups in total. The molecule has 5 nitrogen and oxygen atoms in total. The number of hydrogen-bond acceptors (Lipinski definition) is 3. The lowest BCUT2D eigenvalue weighted by Gasteiger charge is -2.19. The maximum Gasteiger partial charge on any atom is 0.471 e. The van der Waals surface area contributed by atoms with Crippen LogP contribution in [-0.4, -0.2) is 28.4 Å². The zero-order valence-corrected chi connectivity index (χ0v) is 13.8. The second-order valence-corrected chi connectivity index (χ2v) is 6.09. The predicted molar refractivity (Wildman–Crippen MR) is 88.7 cm³/mol. The van der Waals surface area contributed by atoms with Crippen LogP contribution in [0, 0.1) is 0 Å². The number of benzene rings is 1. The summed E-state index contributed by atoms with van der Waals surface area (Å²) in [5.41, 5.74) is 8.55. The first kappa shape index (κ1) is 17.3. The number of nitrogen functional groups attached to an aromatic ring is 1. The molecule has 8 heteroatoms. The van der Waals surface area contributed by atoms with Crippen molar-refractivity contribution in [2.45, 2.75) is 38.8 Å². The Morgan fingerprint density at radius 3 is 2.76 bits per heavy atom. The fourth-order valence-electron chi connectivity index (χ4n) is 3.02. The Hall–Kier alpha value is -2.51. The van der Waals surface area contributed by atoms with Crippen LogP contribution in [0.3, 0.4) is 0 Å². The van der Waals surface area contributed by atoms with Crippen molar-refractivity contribution in [1.29, 1.82) is 0 Å². The fourth-order valence-corrected chi connectivity index (χ4v) is 3.02. The Morgan fingerprint density at radius 2 is 2.08 bits per heavy atom. The van der Waals surface area contributed by atoms with Gasteiger partial charge in [0.2, 0.25) is 0 Å². The average Bonchev–Trinajstić information content (AvgIpc) is 3.14. The van der Waals surface area contributed by atoms with Crippen molar-refractivity contribution < 1.29 is 18.0 Å². The van der Waals surface area contributed by atoms with Crippen molar-refractivity contribution >= 4 is 17.4 Å². The molecule has 1 amide bonds. The average molecular weight is 352 g/mol. The number of hydrogen-bond donors (Lipinski definition) is 1. The van der Waals surface area contributed by atoms with Gasteiger partial charge in [-0.2, -0.15) is 18.3 Å². The zero-order chi connectivity index (χ0) is 18.2. The number of alkyl halides is 3. The number of halogens is 3. The van der Waals surface area contributed by atoms with Gasteiger partial charge in [0.15, 0.2) is 0 Å². The Morgan fingerprint density at radius 1 is 1.32 bits per heavy atom. The second-order valence-electron chi connectivity index (χ2n) is 6.09. The standard InChI is InChI=1S/C17H19F3N4O/c1-2-3-4-12-10-15(21)24(22-12)13-5-6-14-11(9-13)7-8-23(14)16(25)17(18,19)20/h5-6,9-10H,2-4,7-8,21H2,1H3. The van der Waals surface area contributed by atoms with Crippen LogP contribution >= 0.6 is 0 Å². The van der Waals surface area contributed by atoms with E-state index in [-0.39, 0.29) is 6.54 Å². The highest BCUT2D eigenvalue weighted by molar-refractivity contribution is 5.99. The number of amides is 1. The number of nitrogens with zero attached hydrogens (tertiary/aromatic N) is 3. The van der Waals surface area contributed by atoms with E-state index in [1.807, 2.05) is 6.07 Å². The molecule has 0 aliphatic carbocycles. The molecule has 2 aromatic rings. The van der Waals surface area contributed by atoms with E-state index < -0.39 is 12.1 Å². The van der Waals surface area contributed by atoms with Crippen LogP contribution in [0.2, 0.25) is 0 Å². The van der Waals surface area contributed by atoms with E-state index in [1.54, 1.807) is 16.8 Å². The number of anilines is 2. The van der Waals surface area contributed by atoms with Crippen molar-refractivity contribution in [1.82, 2.24) is 9.78 Å². The number of carbonyl (C=O) groups excluding carboxylic acids is 1. The van der Waals surface area contributed by atoms with Gasteiger partial charge in [-0.05, 0) is 43.0 Å².